The normalized spacial score (nSPS) is 21.8. The number of nitriles is 1. The fourth-order valence-electron chi connectivity index (χ4n) is 10.5. The molecule has 0 spiro atoms. The van der Waals surface area contributed by atoms with Crippen molar-refractivity contribution < 1.29 is 38.5 Å². The Labute approximate surface area is 426 Å². The molecule has 3 aliphatic rings. The number of amides is 4. The Bertz CT molecular complexity index is 2570. The van der Waals surface area contributed by atoms with Gasteiger partial charge in [-0.05, 0) is 79.6 Å². The molecule has 3 heterocycles. The second kappa shape index (κ2) is 22.0. The van der Waals surface area contributed by atoms with Crippen LogP contribution in [0, 0.1) is 34.5 Å². The van der Waals surface area contributed by atoms with E-state index in [1.165, 1.54) is 4.90 Å². The second-order valence-corrected chi connectivity index (χ2v) is 22.7. The van der Waals surface area contributed by atoms with Crippen LogP contribution in [0.5, 0.6) is 11.5 Å². The van der Waals surface area contributed by atoms with Crippen molar-refractivity contribution in [3.05, 3.63) is 99.6 Å². The Hall–Kier alpha value is -5.57. The lowest BCUT2D eigenvalue weighted by Gasteiger charge is -2.63. The van der Waals surface area contributed by atoms with Crippen molar-refractivity contribution in [2.24, 2.45) is 16.2 Å². The van der Waals surface area contributed by atoms with E-state index < -0.39 is 40.3 Å². The van der Waals surface area contributed by atoms with Gasteiger partial charge in [-0.1, -0.05) is 84.3 Å². The monoisotopic (exact) mass is 1010 g/mol. The Balaban J connectivity index is 0.816. The lowest BCUT2D eigenvalue weighted by Crippen LogP contribution is -2.74. The van der Waals surface area contributed by atoms with Crippen LogP contribution in [0.25, 0.3) is 10.4 Å². The van der Waals surface area contributed by atoms with E-state index in [4.69, 9.17) is 25.8 Å². The molecule has 4 N–H and O–H groups in total. The van der Waals surface area contributed by atoms with Gasteiger partial charge in [0, 0.05) is 54.6 Å². The van der Waals surface area contributed by atoms with Crippen LogP contribution in [0.15, 0.2) is 72.2 Å². The zero-order chi connectivity index (χ0) is 51.4. The number of aliphatic hydroxyl groups is 1. The number of piperidine rings is 1. The lowest BCUT2D eigenvalue weighted by atomic mass is 9.49. The van der Waals surface area contributed by atoms with Crippen molar-refractivity contribution in [2.45, 2.75) is 124 Å². The zero-order valence-corrected chi connectivity index (χ0v) is 43.8. The summed E-state index contributed by atoms with van der Waals surface area (Å²) < 4.78 is 18.4. The van der Waals surface area contributed by atoms with Crippen LogP contribution in [-0.4, -0.2) is 119 Å². The summed E-state index contributed by atoms with van der Waals surface area (Å²) in [6, 6.07) is 19.7. The predicted molar refractivity (Wildman–Crippen MR) is 273 cm³/mol. The fraction of sp³-hybridized carbons (Fsp3) is 0.519. The molecule has 17 heteroatoms. The molecular weight excluding hydrogens is 942 g/mol. The van der Waals surface area contributed by atoms with Crippen molar-refractivity contribution in [2.75, 3.05) is 39.4 Å². The number of hydrogen-bond donors (Lipinski definition) is 4. The van der Waals surface area contributed by atoms with Crippen LogP contribution in [0.4, 0.5) is 0 Å². The standard InChI is InChI=1S/C54H68ClN7O8S/c1-32(34-10-12-35(13-11-34)45-33(2)57-31-71-45)58-48(66)43-26-38(63)29-62(43)49(67)46(52(3,4)5)59-44(64)30-61-22-20-40(21-23-61)69-25-24-68-39-17-14-36(15-18-39)47(65)60-50-53(6,7)51(54(50,8)9)70-41-19-16-37(28-56)42(55)27-41/h10-19,27,31-32,38,40,43,46,50-51,63H,20-26,29-30H2,1-9H3,(H,58,66)(H,59,64)(H,60,65)/t32-,38+,43-,46?,50-,51-/m0/s1. The summed E-state index contributed by atoms with van der Waals surface area (Å²) in [6.07, 6.45) is 0.465. The van der Waals surface area contributed by atoms with Crippen LogP contribution < -0.4 is 25.4 Å². The topological polar surface area (TPSA) is 195 Å². The van der Waals surface area contributed by atoms with Crippen molar-refractivity contribution in [3.63, 3.8) is 0 Å². The third kappa shape index (κ3) is 12.4. The number of carbonyl (C=O) groups is 4. The van der Waals surface area contributed by atoms with Gasteiger partial charge in [-0.3, -0.25) is 24.1 Å². The summed E-state index contributed by atoms with van der Waals surface area (Å²) in [6.45, 7) is 19.8. The SMILES string of the molecule is Cc1ncsc1-c1ccc([C@H](C)NC(=O)[C@@H]2C[C@@H](O)CN2C(=O)C(NC(=O)CN2CCC(OCCOc3ccc(C(=O)N[C@H]4C(C)(C)[C@H](Oc5ccc(C#N)c(Cl)c5)C4(C)C)cc3)CC2)C(C)(C)C)cc1. The largest absolute Gasteiger partial charge is 0.491 e. The molecule has 4 aromatic rings. The van der Waals surface area contributed by atoms with Gasteiger partial charge in [0.25, 0.3) is 5.91 Å². The minimum absolute atomic E-state index is 0.000369. The maximum atomic E-state index is 14.2. The van der Waals surface area contributed by atoms with Crippen LogP contribution in [0.1, 0.15) is 108 Å². The molecule has 2 aliphatic heterocycles. The van der Waals surface area contributed by atoms with E-state index in [2.05, 4.69) is 54.7 Å². The first-order valence-corrected chi connectivity index (χ1v) is 25.6. The third-order valence-corrected chi connectivity index (χ3v) is 15.5. The number of likely N-dealkylation sites (tertiary alicyclic amines) is 2. The number of aliphatic hydroxyl groups excluding tert-OH is 1. The molecule has 1 aliphatic carbocycles. The smallest absolute Gasteiger partial charge is 0.251 e. The highest BCUT2D eigenvalue weighted by molar-refractivity contribution is 7.13. The third-order valence-electron chi connectivity index (χ3n) is 14.2. The van der Waals surface area contributed by atoms with Gasteiger partial charge in [0.2, 0.25) is 17.7 Å². The molecule has 3 fully saturated rings. The highest BCUT2D eigenvalue weighted by Crippen LogP contribution is 2.55. The second-order valence-electron chi connectivity index (χ2n) is 21.4. The van der Waals surface area contributed by atoms with Gasteiger partial charge in [-0.25, -0.2) is 4.98 Å². The van der Waals surface area contributed by atoms with E-state index >= 15 is 0 Å². The summed E-state index contributed by atoms with van der Waals surface area (Å²) in [5.74, 6) is -0.0495. The van der Waals surface area contributed by atoms with Gasteiger partial charge < -0.3 is 40.2 Å². The first-order chi connectivity index (χ1) is 33.6. The number of ether oxygens (including phenoxy) is 3. The number of rotatable bonds is 17. The molecule has 7 rings (SSSR count). The number of carbonyl (C=O) groups excluding carboxylic acids is 4. The van der Waals surface area contributed by atoms with E-state index in [-0.39, 0.29) is 61.5 Å². The van der Waals surface area contributed by atoms with Gasteiger partial charge in [0.1, 0.15) is 42.4 Å². The summed E-state index contributed by atoms with van der Waals surface area (Å²) in [7, 11) is 0. The molecule has 0 radical (unpaired) electrons. The molecule has 2 saturated heterocycles. The average molecular weight is 1010 g/mol. The number of aromatic nitrogens is 1. The molecule has 3 aromatic carbocycles. The highest BCUT2D eigenvalue weighted by atomic mass is 35.5. The first kappa shape index (κ1) is 53.2. The molecular formula is C54H68ClN7O8S. The number of β-amino-alcohol motifs (C(OH)–C–C–N with tert-alkyl or cyclic N) is 1. The van der Waals surface area contributed by atoms with Crippen LogP contribution in [0.3, 0.4) is 0 Å². The molecule has 1 unspecified atom stereocenters. The van der Waals surface area contributed by atoms with Gasteiger partial charge in [-0.15, -0.1) is 11.3 Å². The summed E-state index contributed by atoms with van der Waals surface area (Å²) in [4.78, 5) is 63.8. The lowest BCUT2D eigenvalue weighted by molar-refractivity contribution is -0.164. The van der Waals surface area contributed by atoms with Gasteiger partial charge in [-0.2, -0.15) is 5.26 Å². The number of nitrogens with zero attached hydrogens (tertiary/aromatic N) is 4. The molecule has 71 heavy (non-hydrogen) atoms. The van der Waals surface area contributed by atoms with Crippen LogP contribution in [0.2, 0.25) is 5.02 Å². The fourth-order valence-corrected chi connectivity index (χ4v) is 11.6. The van der Waals surface area contributed by atoms with Crippen LogP contribution >= 0.6 is 22.9 Å². The van der Waals surface area contributed by atoms with E-state index in [1.807, 2.05) is 69.3 Å². The molecule has 15 nitrogen and oxygen atoms in total. The zero-order valence-electron chi connectivity index (χ0n) is 42.2. The Morgan fingerprint density at radius 1 is 0.958 bits per heavy atom. The molecule has 380 valence electrons. The molecule has 1 saturated carbocycles. The number of thiazole rings is 1. The van der Waals surface area contributed by atoms with Crippen molar-refractivity contribution in [3.8, 4) is 28.0 Å². The number of benzene rings is 3. The Morgan fingerprint density at radius 3 is 2.23 bits per heavy atom. The maximum Gasteiger partial charge on any atom is 0.251 e. The maximum absolute atomic E-state index is 14.2. The summed E-state index contributed by atoms with van der Waals surface area (Å²) in [5, 5.41) is 29.5. The van der Waals surface area contributed by atoms with Crippen molar-refractivity contribution in [1.82, 2.24) is 30.7 Å². The minimum Gasteiger partial charge on any atom is -0.491 e. The number of aryl methyl sites for hydroxylation is 1. The number of halogens is 1. The summed E-state index contributed by atoms with van der Waals surface area (Å²) >= 11 is 7.82. The molecule has 0 bridgehead atoms. The van der Waals surface area contributed by atoms with Crippen molar-refractivity contribution in [1.29, 1.82) is 5.26 Å². The minimum atomic E-state index is -0.922. The Morgan fingerprint density at radius 2 is 1.62 bits per heavy atom. The summed E-state index contributed by atoms with van der Waals surface area (Å²) in [5.41, 5.74) is 4.17. The molecule has 1 aromatic heterocycles. The van der Waals surface area contributed by atoms with E-state index in [9.17, 15) is 29.5 Å². The van der Waals surface area contributed by atoms with Crippen molar-refractivity contribution >= 4 is 46.6 Å². The predicted octanol–water partition coefficient (Wildman–Crippen LogP) is 7.49. The quantitative estimate of drug-likeness (QED) is 0.0766. The Kier molecular flexibility index (Phi) is 16.5. The van der Waals surface area contributed by atoms with Crippen LogP contribution in [-0.2, 0) is 19.1 Å². The van der Waals surface area contributed by atoms with Gasteiger partial charge in [0.15, 0.2) is 0 Å². The average Bonchev–Trinajstić information content (AvgIpc) is 3.95. The highest BCUT2D eigenvalue weighted by Gasteiger charge is 2.64. The molecule has 4 atom stereocenters. The first-order valence-electron chi connectivity index (χ1n) is 24.4. The van der Waals surface area contributed by atoms with Gasteiger partial charge in [0.05, 0.1) is 58.1 Å². The molecule has 4 amide bonds. The van der Waals surface area contributed by atoms with E-state index in [0.717, 1.165) is 34.5 Å². The van der Waals surface area contributed by atoms with Gasteiger partial charge >= 0.3 is 0 Å². The van der Waals surface area contributed by atoms with E-state index in [0.29, 0.717) is 54.0 Å². The van der Waals surface area contributed by atoms with E-state index in [1.54, 1.807) is 53.8 Å². The number of hydrogen-bond acceptors (Lipinski definition) is 12. The number of nitrogens with one attached hydrogen (secondary N) is 3.